The fourth-order valence-electron chi connectivity index (χ4n) is 1.53. The van der Waals surface area contributed by atoms with Gasteiger partial charge in [0.25, 0.3) is 0 Å². The maximum Gasteiger partial charge on any atom is 0.168 e. The maximum absolute atomic E-state index is 12.0. The molecule has 1 aromatic carbocycles. The van der Waals surface area contributed by atoms with Crippen LogP contribution in [0.4, 0.5) is 0 Å². The largest absolute Gasteiger partial charge is 0.497 e. The summed E-state index contributed by atoms with van der Waals surface area (Å²) in [5.41, 5.74) is 1.78. The lowest BCUT2D eigenvalue weighted by Crippen LogP contribution is -2.02. The summed E-state index contributed by atoms with van der Waals surface area (Å²) in [6.07, 6.45) is 0.421. The van der Waals surface area contributed by atoms with Crippen molar-refractivity contribution < 1.29 is 9.53 Å². The van der Waals surface area contributed by atoms with E-state index in [9.17, 15) is 4.79 Å². The zero-order valence-electron chi connectivity index (χ0n) is 9.27. The quantitative estimate of drug-likeness (QED) is 0.614. The highest BCUT2D eigenvalue weighted by Crippen LogP contribution is 2.19. The predicted octanol–water partition coefficient (Wildman–Crippen LogP) is 3.79. The third-order valence-corrected chi connectivity index (χ3v) is 4.18. The van der Waals surface area contributed by atoms with Gasteiger partial charge in [0.15, 0.2) is 5.78 Å². The molecule has 0 saturated heterocycles. The van der Waals surface area contributed by atoms with Crippen LogP contribution in [0.5, 0.6) is 5.75 Å². The first kappa shape index (κ1) is 12.6. The lowest BCUT2D eigenvalue weighted by Gasteiger charge is -2.03. The Morgan fingerprint density at radius 2 is 2.24 bits per heavy atom. The highest BCUT2D eigenvalue weighted by atomic mass is 127. The molecule has 0 bridgehead atoms. The van der Waals surface area contributed by atoms with Crippen LogP contribution >= 0.6 is 33.9 Å². The number of methoxy groups -OCH3 is 1. The van der Waals surface area contributed by atoms with Crippen LogP contribution < -0.4 is 4.74 Å². The zero-order chi connectivity index (χ0) is 12.3. The molecule has 0 N–H and O–H groups in total. The van der Waals surface area contributed by atoms with Gasteiger partial charge in [-0.1, -0.05) is 12.1 Å². The number of hydrogen-bond donors (Lipinski definition) is 0. The van der Waals surface area contributed by atoms with Crippen molar-refractivity contribution in [1.82, 2.24) is 0 Å². The molecule has 88 valence electrons. The lowest BCUT2D eigenvalue weighted by atomic mass is 10.1. The standard InChI is InChI=1S/C13H11IO2S/c1-16-11-4-2-3-9(5-11)6-12(15)10-7-13(14)17-8-10/h2-5,7-8H,6H2,1H3. The van der Waals surface area contributed by atoms with Gasteiger partial charge in [-0.15, -0.1) is 11.3 Å². The lowest BCUT2D eigenvalue weighted by molar-refractivity contribution is 0.0993. The van der Waals surface area contributed by atoms with E-state index >= 15 is 0 Å². The summed E-state index contributed by atoms with van der Waals surface area (Å²) < 4.78 is 6.27. The van der Waals surface area contributed by atoms with Crippen molar-refractivity contribution >= 4 is 39.7 Å². The second kappa shape index (κ2) is 5.64. The number of ketones is 1. The molecule has 0 spiro atoms. The molecule has 2 aromatic rings. The van der Waals surface area contributed by atoms with Crippen molar-refractivity contribution in [2.75, 3.05) is 7.11 Å². The average Bonchev–Trinajstić information content (AvgIpc) is 2.76. The molecule has 0 aliphatic carbocycles. The number of thiophene rings is 1. The molecule has 4 heteroatoms. The predicted molar refractivity (Wildman–Crippen MR) is 78.1 cm³/mol. The molecule has 1 heterocycles. The van der Waals surface area contributed by atoms with Gasteiger partial charge >= 0.3 is 0 Å². The summed E-state index contributed by atoms with van der Waals surface area (Å²) in [7, 11) is 1.63. The molecule has 0 fully saturated rings. The highest BCUT2D eigenvalue weighted by molar-refractivity contribution is 14.1. The van der Waals surface area contributed by atoms with Crippen LogP contribution in [0.3, 0.4) is 0 Å². The monoisotopic (exact) mass is 358 g/mol. The van der Waals surface area contributed by atoms with Crippen molar-refractivity contribution in [3.8, 4) is 5.75 Å². The first-order chi connectivity index (χ1) is 8.19. The van der Waals surface area contributed by atoms with Crippen LogP contribution in [0, 0.1) is 2.88 Å². The van der Waals surface area contributed by atoms with E-state index in [1.54, 1.807) is 18.4 Å². The average molecular weight is 358 g/mol. The fraction of sp³-hybridized carbons (Fsp3) is 0.154. The van der Waals surface area contributed by atoms with Gasteiger partial charge in [0.1, 0.15) is 5.75 Å². The van der Waals surface area contributed by atoms with E-state index in [2.05, 4.69) is 22.6 Å². The number of ether oxygens (including phenoxy) is 1. The topological polar surface area (TPSA) is 26.3 Å². The van der Waals surface area contributed by atoms with Crippen molar-refractivity contribution in [2.24, 2.45) is 0 Å². The van der Waals surface area contributed by atoms with Crippen LogP contribution in [-0.2, 0) is 6.42 Å². The van der Waals surface area contributed by atoms with E-state index in [4.69, 9.17) is 4.74 Å². The van der Waals surface area contributed by atoms with E-state index in [1.807, 2.05) is 35.7 Å². The minimum Gasteiger partial charge on any atom is -0.497 e. The van der Waals surface area contributed by atoms with Gasteiger partial charge in [-0.05, 0) is 46.4 Å². The minimum absolute atomic E-state index is 0.150. The first-order valence-electron chi connectivity index (χ1n) is 5.09. The van der Waals surface area contributed by atoms with E-state index in [0.29, 0.717) is 6.42 Å². The second-order valence-electron chi connectivity index (χ2n) is 3.59. The number of carbonyl (C=O) groups excluding carboxylic acids is 1. The summed E-state index contributed by atoms with van der Waals surface area (Å²) in [6.45, 7) is 0. The Balaban J connectivity index is 2.12. The summed E-state index contributed by atoms with van der Waals surface area (Å²) in [4.78, 5) is 12.0. The number of Topliss-reactive ketones (excluding diaryl/α,β-unsaturated/α-hetero) is 1. The molecular weight excluding hydrogens is 347 g/mol. The number of hydrogen-bond acceptors (Lipinski definition) is 3. The van der Waals surface area contributed by atoms with Crippen LogP contribution in [-0.4, -0.2) is 12.9 Å². The zero-order valence-corrected chi connectivity index (χ0v) is 12.2. The van der Waals surface area contributed by atoms with Gasteiger partial charge in [-0.2, -0.15) is 0 Å². The normalized spacial score (nSPS) is 10.2. The Kier molecular flexibility index (Phi) is 4.17. The molecule has 0 aliphatic rings. The molecular formula is C13H11IO2S. The van der Waals surface area contributed by atoms with Crippen molar-refractivity contribution in [2.45, 2.75) is 6.42 Å². The second-order valence-corrected chi connectivity index (χ2v) is 6.40. The Hall–Kier alpha value is -0.880. The Morgan fingerprint density at radius 3 is 2.88 bits per heavy atom. The van der Waals surface area contributed by atoms with Gasteiger partial charge in [0.05, 0.1) is 9.99 Å². The fourth-order valence-corrected chi connectivity index (χ4v) is 2.88. The van der Waals surface area contributed by atoms with E-state index in [1.165, 1.54) is 0 Å². The highest BCUT2D eigenvalue weighted by Gasteiger charge is 2.09. The van der Waals surface area contributed by atoms with Gasteiger partial charge in [0, 0.05) is 17.4 Å². The van der Waals surface area contributed by atoms with E-state index in [-0.39, 0.29) is 5.78 Å². The van der Waals surface area contributed by atoms with Crippen molar-refractivity contribution in [3.05, 3.63) is 49.7 Å². The van der Waals surface area contributed by atoms with Gasteiger partial charge in [0.2, 0.25) is 0 Å². The number of rotatable bonds is 4. The number of benzene rings is 1. The van der Waals surface area contributed by atoms with Crippen molar-refractivity contribution in [3.63, 3.8) is 0 Å². The molecule has 0 unspecified atom stereocenters. The Labute approximate surface area is 118 Å². The minimum atomic E-state index is 0.150. The van der Waals surface area contributed by atoms with E-state index in [0.717, 1.165) is 19.8 Å². The molecule has 0 saturated carbocycles. The third kappa shape index (κ3) is 3.29. The summed E-state index contributed by atoms with van der Waals surface area (Å²) in [5.74, 6) is 0.938. The molecule has 1 aromatic heterocycles. The number of halogens is 1. The molecule has 0 atom stereocenters. The SMILES string of the molecule is COc1cccc(CC(=O)c2csc(I)c2)c1. The number of carbonyl (C=O) groups is 1. The van der Waals surface area contributed by atoms with Crippen molar-refractivity contribution in [1.29, 1.82) is 0 Å². The van der Waals surface area contributed by atoms with Gasteiger partial charge < -0.3 is 4.74 Å². The Morgan fingerprint density at radius 1 is 1.41 bits per heavy atom. The molecule has 0 amide bonds. The van der Waals surface area contributed by atoms with Crippen LogP contribution in [0.15, 0.2) is 35.7 Å². The van der Waals surface area contributed by atoms with Gasteiger partial charge in [-0.25, -0.2) is 0 Å². The van der Waals surface area contributed by atoms with Crippen LogP contribution in [0.2, 0.25) is 0 Å². The molecule has 0 radical (unpaired) electrons. The smallest absolute Gasteiger partial charge is 0.168 e. The van der Waals surface area contributed by atoms with Crippen LogP contribution in [0.1, 0.15) is 15.9 Å². The summed E-state index contributed by atoms with van der Waals surface area (Å²) in [6, 6.07) is 9.54. The third-order valence-electron chi connectivity index (χ3n) is 2.39. The summed E-state index contributed by atoms with van der Waals surface area (Å²) >= 11 is 3.81. The molecule has 2 rings (SSSR count). The van der Waals surface area contributed by atoms with Gasteiger partial charge in [-0.3, -0.25) is 4.79 Å². The maximum atomic E-state index is 12.0. The van der Waals surface area contributed by atoms with E-state index < -0.39 is 0 Å². The summed E-state index contributed by atoms with van der Waals surface area (Å²) in [5, 5.41) is 1.91. The molecule has 17 heavy (non-hydrogen) atoms. The first-order valence-corrected chi connectivity index (χ1v) is 7.05. The molecule has 0 aliphatic heterocycles. The van der Waals surface area contributed by atoms with Crippen LogP contribution in [0.25, 0.3) is 0 Å². The molecule has 2 nitrogen and oxygen atoms in total. The Bertz CT molecular complexity index is 534.